The molecule has 2 heterocycles. The van der Waals surface area contributed by atoms with Crippen molar-refractivity contribution < 1.29 is 4.79 Å². The standard InChI is InChI=1S/C12H8N2OS/c13-11(15)7-3-4-8-9-2-1-5-14-12(9)16-10(8)6-7/h1-6H,(H2,13,15). The fourth-order valence-corrected chi connectivity index (χ4v) is 2.85. The smallest absolute Gasteiger partial charge is 0.248 e. The Morgan fingerprint density at radius 2 is 2.12 bits per heavy atom. The first-order chi connectivity index (χ1) is 7.75. The zero-order valence-corrected chi connectivity index (χ0v) is 9.12. The van der Waals surface area contributed by atoms with Crippen LogP contribution in [0.15, 0.2) is 36.5 Å². The van der Waals surface area contributed by atoms with Gasteiger partial charge in [-0.15, -0.1) is 11.3 Å². The van der Waals surface area contributed by atoms with Crippen molar-refractivity contribution in [3.63, 3.8) is 0 Å². The van der Waals surface area contributed by atoms with Crippen molar-refractivity contribution in [1.29, 1.82) is 0 Å². The van der Waals surface area contributed by atoms with Gasteiger partial charge in [0.1, 0.15) is 4.83 Å². The van der Waals surface area contributed by atoms with E-state index >= 15 is 0 Å². The van der Waals surface area contributed by atoms with E-state index in [2.05, 4.69) is 4.98 Å². The van der Waals surface area contributed by atoms with Crippen LogP contribution < -0.4 is 5.73 Å². The zero-order valence-electron chi connectivity index (χ0n) is 8.31. The van der Waals surface area contributed by atoms with Crippen LogP contribution in [-0.4, -0.2) is 10.9 Å². The molecule has 0 aliphatic rings. The van der Waals surface area contributed by atoms with Gasteiger partial charge in [0.15, 0.2) is 0 Å². The minimum atomic E-state index is -0.396. The fourth-order valence-electron chi connectivity index (χ4n) is 1.76. The third kappa shape index (κ3) is 1.27. The molecule has 2 N–H and O–H groups in total. The van der Waals surface area contributed by atoms with E-state index in [9.17, 15) is 4.79 Å². The Morgan fingerprint density at radius 3 is 2.94 bits per heavy atom. The molecule has 0 unspecified atom stereocenters. The number of thiophene rings is 1. The van der Waals surface area contributed by atoms with Gasteiger partial charge < -0.3 is 5.73 Å². The highest BCUT2D eigenvalue weighted by atomic mass is 32.1. The van der Waals surface area contributed by atoms with Gasteiger partial charge in [0.2, 0.25) is 5.91 Å². The number of carbonyl (C=O) groups excluding carboxylic acids is 1. The van der Waals surface area contributed by atoms with Crippen molar-refractivity contribution in [3.05, 3.63) is 42.1 Å². The highest BCUT2D eigenvalue weighted by Gasteiger charge is 2.07. The molecular weight excluding hydrogens is 220 g/mol. The number of hydrogen-bond acceptors (Lipinski definition) is 3. The summed E-state index contributed by atoms with van der Waals surface area (Å²) in [6.07, 6.45) is 1.77. The highest BCUT2D eigenvalue weighted by Crippen LogP contribution is 2.32. The summed E-state index contributed by atoms with van der Waals surface area (Å²) in [4.78, 5) is 16.4. The normalized spacial score (nSPS) is 11.0. The quantitative estimate of drug-likeness (QED) is 0.695. The summed E-state index contributed by atoms with van der Waals surface area (Å²) in [6, 6.07) is 9.45. The molecular formula is C12H8N2OS. The van der Waals surface area contributed by atoms with Gasteiger partial charge in [-0.1, -0.05) is 6.07 Å². The van der Waals surface area contributed by atoms with Crippen LogP contribution >= 0.6 is 11.3 Å². The van der Waals surface area contributed by atoms with Crippen molar-refractivity contribution in [3.8, 4) is 0 Å². The molecule has 3 nitrogen and oxygen atoms in total. The Kier molecular flexibility index (Phi) is 1.91. The van der Waals surface area contributed by atoms with Crippen LogP contribution in [0.4, 0.5) is 0 Å². The van der Waals surface area contributed by atoms with Crippen LogP contribution in [0.2, 0.25) is 0 Å². The lowest BCUT2D eigenvalue weighted by atomic mass is 10.1. The Morgan fingerprint density at radius 1 is 1.25 bits per heavy atom. The van der Waals surface area contributed by atoms with E-state index in [1.807, 2.05) is 24.3 Å². The van der Waals surface area contributed by atoms with Crippen LogP contribution in [0.5, 0.6) is 0 Å². The predicted octanol–water partition coefficient (Wildman–Crippen LogP) is 2.55. The third-order valence-electron chi connectivity index (χ3n) is 2.53. The van der Waals surface area contributed by atoms with E-state index in [1.165, 1.54) is 0 Å². The topological polar surface area (TPSA) is 56.0 Å². The van der Waals surface area contributed by atoms with E-state index in [4.69, 9.17) is 5.73 Å². The number of carbonyl (C=O) groups is 1. The molecule has 3 rings (SSSR count). The Balaban J connectivity index is 2.41. The van der Waals surface area contributed by atoms with Gasteiger partial charge in [0, 0.05) is 27.2 Å². The Labute approximate surface area is 95.5 Å². The van der Waals surface area contributed by atoms with E-state index in [0.29, 0.717) is 5.56 Å². The Hall–Kier alpha value is -1.94. The lowest BCUT2D eigenvalue weighted by Crippen LogP contribution is -2.10. The number of rotatable bonds is 1. The van der Waals surface area contributed by atoms with Crippen molar-refractivity contribution in [1.82, 2.24) is 4.98 Å². The summed E-state index contributed by atoms with van der Waals surface area (Å²) in [5.74, 6) is -0.396. The maximum atomic E-state index is 11.1. The van der Waals surface area contributed by atoms with Gasteiger partial charge in [-0.25, -0.2) is 4.98 Å². The van der Waals surface area contributed by atoms with Gasteiger partial charge in [-0.05, 0) is 24.3 Å². The van der Waals surface area contributed by atoms with E-state index in [0.717, 1.165) is 20.3 Å². The summed E-state index contributed by atoms with van der Waals surface area (Å²) in [5.41, 5.74) is 5.79. The van der Waals surface area contributed by atoms with Crippen LogP contribution in [-0.2, 0) is 0 Å². The molecule has 1 amide bonds. The molecule has 0 atom stereocenters. The predicted molar refractivity (Wildman–Crippen MR) is 65.6 cm³/mol. The molecule has 0 saturated carbocycles. The van der Waals surface area contributed by atoms with E-state index in [-0.39, 0.29) is 0 Å². The molecule has 0 aliphatic heterocycles. The fraction of sp³-hybridized carbons (Fsp3) is 0. The van der Waals surface area contributed by atoms with Crippen LogP contribution in [0.1, 0.15) is 10.4 Å². The van der Waals surface area contributed by atoms with Crippen LogP contribution in [0.25, 0.3) is 20.3 Å². The van der Waals surface area contributed by atoms with Gasteiger partial charge in [0.05, 0.1) is 0 Å². The average molecular weight is 228 g/mol. The summed E-state index contributed by atoms with van der Waals surface area (Å²) in [5, 5.41) is 2.25. The number of amides is 1. The minimum absolute atomic E-state index is 0.396. The maximum Gasteiger partial charge on any atom is 0.248 e. The van der Waals surface area contributed by atoms with Gasteiger partial charge >= 0.3 is 0 Å². The molecule has 3 aromatic rings. The summed E-state index contributed by atoms with van der Waals surface area (Å²) in [6.45, 7) is 0. The summed E-state index contributed by atoms with van der Waals surface area (Å²) in [7, 11) is 0. The first-order valence-electron chi connectivity index (χ1n) is 4.83. The first kappa shape index (κ1) is 9.30. The zero-order chi connectivity index (χ0) is 11.1. The molecule has 4 heteroatoms. The second-order valence-electron chi connectivity index (χ2n) is 3.53. The second kappa shape index (κ2) is 3.28. The number of aromatic nitrogens is 1. The number of hydrogen-bond donors (Lipinski definition) is 1. The van der Waals surface area contributed by atoms with Crippen molar-refractivity contribution in [2.75, 3.05) is 0 Å². The maximum absolute atomic E-state index is 11.1. The number of pyridine rings is 1. The molecule has 0 saturated heterocycles. The molecule has 78 valence electrons. The number of primary amides is 1. The van der Waals surface area contributed by atoms with Gasteiger partial charge in [-0.3, -0.25) is 4.79 Å². The van der Waals surface area contributed by atoms with Crippen LogP contribution in [0.3, 0.4) is 0 Å². The monoisotopic (exact) mass is 228 g/mol. The second-order valence-corrected chi connectivity index (χ2v) is 4.56. The lowest BCUT2D eigenvalue weighted by Gasteiger charge is -1.94. The molecule has 0 fully saturated rings. The van der Waals surface area contributed by atoms with Gasteiger partial charge in [-0.2, -0.15) is 0 Å². The van der Waals surface area contributed by atoms with E-state index in [1.54, 1.807) is 23.6 Å². The van der Waals surface area contributed by atoms with E-state index < -0.39 is 5.91 Å². The molecule has 1 aromatic carbocycles. The lowest BCUT2D eigenvalue weighted by molar-refractivity contribution is 0.100. The van der Waals surface area contributed by atoms with Crippen molar-refractivity contribution in [2.24, 2.45) is 5.73 Å². The average Bonchev–Trinajstić information content (AvgIpc) is 2.66. The third-order valence-corrected chi connectivity index (χ3v) is 3.61. The first-order valence-corrected chi connectivity index (χ1v) is 5.64. The largest absolute Gasteiger partial charge is 0.366 e. The minimum Gasteiger partial charge on any atom is -0.366 e. The molecule has 0 bridgehead atoms. The highest BCUT2D eigenvalue weighted by molar-refractivity contribution is 7.25. The number of nitrogens with zero attached hydrogens (tertiary/aromatic N) is 1. The number of benzene rings is 1. The van der Waals surface area contributed by atoms with Crippen molar-refractivity contribution >= 4 is 37.5 Å². The molecule has 0 radical (unpaired) electrons. The number of nitrogens with two attached hydrogens (primary N) is 1. The molecule has 0 spiro atoms. The summed E-state index contributed by atoms with van der Waals surface area (Å²) >= 11 is 1.57. The molecule has 0 aliphatic carbocycles. The van der Waals surface area contributed by atoms with Crippen LogP contribution in [0, 0.1) is 0 Å². The van der Waals surface area contributed by atoms with Crippen molar-refractivity contribution in [2.45, 2.75) is 0 Å². The van der Waals surface area contributed by atoms with Gasteiger partial charge in [0.25, 0.3) is 0 Å². The molecule has 16 heavy (non-hydrogen) atoms. The molecule has 2 aromatic heterocycles. The Bertz CT molecular complexity index is 702. The SMILES string of the molecule is NC(=O)c1ccc2c(c1)sc1ncccc12. The summed E-state index contributed by atoms with van der Waals surface area (Å²) < 4.78 is 1.05. The number of fused-ring (bicyclic) bond motifs is 3.